The van der Waals surface area contributed by atoms with Gasteiger partial charge in [-0.3, -0.25) is 9.80 Å². The van der Waals surface area contributed by atoms with Crippen molar-refractivity contribution in [1.29, 1.82) is 0 Å². The molecule has 3 heteroatoms. The summed E-state index contributed by atoms with van der Waals surface area (Å²) in [4.78, 5) is 4.93. The number of hydrogen-bond donors (Lipinski definition) is 1. The molecule has 0 radical (unpaired) electrons. The second kappa shape index (κ2) is 7.20. The average Bonchev–Trinajstić information content (AvgIpc) is 2.58. The molecule has 1 aliphatic heterocycles. The van der Waals surface area contributed by atoms with Crippen LogP contribution in [0.4, 0.5) is 0 Å². The number of benzene rings is 2. The van der Waals surface area contributed by atoms with Crippen LogP contribution >= 0.6 is 0 Å². The topological polar surface area (TPSA) is 26.7 Å². The Balaban J connectivity index is 1.79. The lowest BCUT2D eigenvalue weighted by Gasteiger charge is -2.40. The van der Waals surface area contributed by atoms with E-state index in [0.717, 1.165) is 31.8 Å². The number of phenols is 1. The van der Waals surface area contributed by atoms with E-state index < -0.39 is 0 Å². The molecule has 3 rings (SSSR count). The maximum atomic E-state index is 9.44. The first-order chi connectivity index (χ1) is 11.5. The summed E-state index contributed by atoms with van der Waals surface area (Å²) in [5, 5.41) is 9.44. The minimum Gasteiger partial charge on any atom is -0.508 e. The smallest absolute Gasteiger partial charge is 0.115 e. The predicted molar refractivity (Wildman–Crippen MR) is 99.9 cm³/mol. The van der Waals surface area contributed by atoms with Crippen LogP contribution in [0.15, 0.2) is 55.1 Å². The molecular formula is C21H26N2O. The molecule has 2 aromatic carbocycles. The molecule has 2 aromatic rings. The number of nitrogens with zero attached hydrogens (tertiary/aromatic N) is 2. The quantitative estimate of drug-likeness (QED) is 0.924. The second-order valence-corrected chi connectivity index (χ2v) is 6.77. The molecule has 3 nitrogen and oxygen atoms in total. The van der Waals surface area contributed by atoms with Crippen LogP contribution in [-0.2, 0) is 6.54 Å². The molecule has 0 saturated carbocycles. The summed E-state index contributed by atoms with van der Waals surface area (Å²) in [6, 6.07) is 16.5. The Bertz CT molecular complexity index is 708. The summed E-state index contributed by atoms with van der Waals surface area (Å²) in [6.45, 7) is 10.3. The Morgan fingerprint density at radius 2 is 1.83 bits per heavy atom. The van der Waals surface area contributed by atoms with E-state index in [1.165, 1.54) is 16.7 Å². The van der Waals surface area contributed by atoms with Crippen LogP contribution in [-0.4, -0.2) is 41.6 Å². The van der Waals surface area contributed by atoms with Crippen LogP contribution in [0.2, 0.25) is 0 Å². The van der Waals surface area contributed by atoms with Crippen LogP contribution in [0.1, 0.15) is 29.7 Å². The number of piperazine rings is 1. The van der Waals surface area contributed by atoms with Gasteiger partial charge in [-0.15, -0.1) is 0 Å². The number of aromatic hydroxyl groups is 1. The molecule has 1 unspecified atom stereocenters. The van der Waals surface area contributed by atoms with Gasteiger partial charge in [-0.25, -0.2) is 0 Å². The molecule has 1 N–H and O–H groups in total. The van der Waals surface area contributed by atoms with Crippen LogP contribution < -0.4 is 0 Å². The third-order valence-electron chi connectivity index (χ3n) is 4.85. The van der Waals surface area contributed by atoms with Gasteiger partial charge in [0.25, 0.3) is 0 Å². The lowest BCUT2D eigenvalue weighted by Crippen LogP contribution is -2.46. The molecule has 0 spiro atoms. The fourth-order valence-electron chi connectivity index (χ4n) is 3.45. The summed E-state index contributed by atoms with van der Waals surface area (Å²) in [7, 11) is 2.21. The highest BCUT2D eigenvalue weighted by Gasteiger charge is 2.27. The van der Waals surface area contributed by atoms with Crippen molar-refractivity contribution >= 4 is 5.57 Å². The third kappa shape index (κ3) is 3.69. The van der Waals surface area contributed by atoms with Gasteiger partial charge in [0, 0.05) is 32.2 Å². The monoisotopic (exact) mass is 322 g/mol. The van der Waals surface area contributed by atoms with Gasteiger partial charge < -0.3 is 5.11 Å². The van der Waals surface area contributed by atoms with E-state index in [9.17, 15) is 5.11 Å². The Labute approximate surface area is 144 Å². The van der Waals surface area contributed by atoms with Crippen LogP contribution in [0, 0.1) is 0 Å². The van der Waals surface area contributed by atoms with Gasteiger partial charge in [0.2, 0.25) is 0 Å². The molecule has 0 amide bonds. The fourth-order valence-corrected chi connectivity index (χ4v) is 3.45. The molecule has 0 aromatic heterocycles. The molecular weight excluding hydrogens is 296 g/mol. The van der Waals surface area contributed by atoms with Gasteiger partial charge >= 0.3 is 0 Å². The molecule has 1 saturated heterocycles. The zero-order valence-corrected chi connectivity index (χ0v) is 14.6. The number of hydrogen-bond acceptors (Lipinski definition) is 3. The van der Waals surface area contributed by atoms with Crippen molar-refractivity contribution in [3.63, 3.8) is 0 Å². The highest BCUT2D eigenvalue weighted by Crippen LogP contribution is 2.30. The van der Waals surface area contributed by atoms with Gasteiger partial charge in [-0.05, 0) is 42.8 Å². The maximum Gasteiger partial charge on any atom is 0.115 e. The van der Waals surface area contributed by atoms with Crippen LogP contribution in [0.5, 0.6) is 5.75 Å². The molecule has 1 heterocycles. The minimum atomic E-state index is 0.324. The van der Waals surface area contributed by atoms with Crippen molar-refractivity contribution < 1.29 is 5.11 Å². The summed E-state index contributed by atoms with van der Waals surface area (Å²) >= 11 is 0. The van der Waals surface area contributed by atoms with Gasteiger partial charge in [0.1, 0.15) is 5.75 Å². The summed E-state index contributed by atoms with van der Waals surface area (Å²) < 4.78 is 0. The highest BCUT2D eigenvalue weighted by atomic mass is 16.3. The van der Waals surface area contributed by atoms with Crippen LogP contribution in [0.3, 0.4) is 0 Å². The summed E-state index contributed by atoms with van der Waals surface area (Å²) in [5.74, 6) is 0.324. The SMILES string of the molecule is C=C(C)c1ccccc1C1CN(Cc2ccc(O)cc2)CCN1C. The zero-order valence-electron chi connectivity index (χ0n) is 14.6. The Morgan fingerprint density at radius 3 is 2.54 bits per heavy atom. The van der Waals surface area contributed by atoms with Crippen molar-refractivity contribution in [2.24, 2.45) is 0 Å². The number of allylic oxidation sites excluding steroid dienone is 1. The van der Waals surface area contributed by atoms with E-state index in [2.05, 4.69) is 54.6 Å². The van der Waals surface area contributed by atoms with Crippen molar-refractivity contribution in [3.8, 4) is 5.75 Å². The number of phenolic OH excluding ortho intramolecular Hbond substituents is 1. The van der Waals surface area contributed by atoms with Crippen molar-refractivity contribution in [2.75, 3.05) is 26.7 Å². The van der Waals surface area contributed by atoms with E-state index in [1.54, 1.807) is 12.1 Å². The van der Waals surface area contributed by atoms with Crippen molar-refractivity contribution in [3.05, 3.63) is 71.8 Å². The van der Waals surface area contributed by atoms with Gasteiger partial charge in [-0.1, -0.05) is 48.6 Å². The molecule has 0 bridgehead atoms. The largest absolute Gasteiger partial charge is 0.508 e. The van der Waals surface area contributed by atoms with Crippen molar-refractivity contribution in [1.82, 2.24) is 9.80 Å². The lowest BCUT2D eigenvalue weighted by atomic mass is 9.94. The highest BCUT2D eigenvalue weighted by molar-refractivity contribution is 5.65. The summed E-state index contributed by atoms with van der Waals surface area (Å²) in [6.07, 6.45) is 0. The van der Waals surface area contributed by atoms with E-state index in [-0.39, 0.29) is 0 Å². The predicted octanol–water partition coefficient (Wildman–Crippen LogP) is 3.91. The molecule has 1 atom stereocenters. The molecule has 0 aliphatic carbocycles. The Morgan fingerprint density at radius 1 is 1.12 bits per heavy atom. The van der Waals surface area contributed by atoms with Gasteiger partial charge in [0.15, 0.2) is 0 Å². The molecule has 1 fully saturated rings. The van der Waals surface area contributed by atoms with Gasteiger partial charge in [0.05, 0.1) is 0 Å². The third-order valence-corrected chi connectivity index (χ3v) is 4.85. The average molecular weight is 322 g/mol. The normalized spacial score (nSPS) is 19.3. The first-order valence-electron chi connectivity index (χ1n) is 8.50. The Kier molecular flexibility index (Phi) is 5.03. The maximum absolute atomic E-state index is 9.44. The molecule has 126 valence electrons. The first kappa shape index (κ1) is 16.7. The fraction of sp³-hybridized carbons (Fsp3) is 0.333. The molecule has 24 heavy (non-hydrogen) atoms. The minimum absolute atomic E-state index is 0.324. The molecule has 1 aliphatic rings. The number of rotatable bonds is 4. The van der Waals surface area contributed by atoms with E-state index in [0.29, 0.717) is 11.8 Å². The van der Waals surface area contributed by atoms with E-state index in [1.807, 2.05) is 12.1 Å². The second-order valence-electron chi connectivity index (χ2n) is 6.77. The zero-order chi connectivity index (χ0) is 17.1. The van der Waals surface area contributed by atoms with E-state index >= 15 is 0 Å². The van der Waals surface area contributed by atoms with Gasteiger partial charge in [-0.2, -0.15) is 0 Å². The summed E-state index contributed by atoms with van der Waals surface area (Å²) in [5.41, 5.74) is 4.99. The van der Waals surface area contributed by atoms with Crippen molar-refractivity contribution in [2.45, 2.75) is 19.5 Å². The van der Waals surface area contributed by atoms with Crippen LogP contribution in [0.25, 0.3) is 5.57 Å². The Hall–Kier alpha value is -2.10. The first-order valence-corrected chi connectivity index (χ1v) is 8.50. The lowest BCUT2D eigenvalue weighted by molar-refractivity contribution is 0.0903. The number of likely N-dealkylation sites (N-methyl/N-ethyl adjacent to an activating group) is 1. The standard InChI is InChI=1S/C21H26N2O/c1-16(2)19-6-4-5-7-20(19)21-15-23(13-12-22(21)3)14-17-8-10-18(24)11-9-17/h4-11,21,24H,1,12-15H2,2-3H3. The van der Waals surface area contributed by atoms with E-state index in [4.69, 9.17) is 0 Å².